The van der Waals surface area contributed by atoms with Crippen LogP contribution in [0.3, 0.4) is 0 Å². The van der Waals surface area contributed by atoms with Gasteiger partial charge in [0.2, 0.25) is 11.7 Å². The van der Waals surface area contributed by atoms with Gasteiger partial charge < -0.3 is 15.2 Å². The van der Waals surface area contributed by atoms with Gasteiger partial charge in [-0.1, -0.05) is 23.7 Å². The summed E-state index contributed by atoms with van der Waals surface area (Å²) in [7, 11) is 3.60. The predicted molar refractivity (Wildman–Crippen MR) is 116 cm³/mol. The summed E-state index contributed by atoms with van der Waals surface area (Å²) in [5, 5.41) is 2.22. The van der Waals surface area contributed by atoms with E-state index < -0.39 is 5.72 Å². The topological polar surface area (TPSA) is 69.3 Å². The SMILES string of the molecule is CO[C@H]1CC[C@]2(CC1)Cc1ccc(Oc3cccc(Cl)c3)cc1C21N=C(N)N(C)O1. The van der Waals surface area contributed by atoms with Crippen molar-refractivity contribution in [3.63, 3.8) is 0 Å². The van der Waals surface area contributed by atoms with E-state index >= 15 is 0 Å². The van der Waals surface area contributed by atoms with Gasteiger partial charge in [-0.3, -0.25) is 0 Å². The highest BCUT2D eigenvalue weighted by Gasteiger charge is 2.63. The van der Waals surface area contributed by atoms with Crippen LogP contribution in [0.1, 0.15) is 36.8 Å². The second-order valence-electron chi connectivity index (χ2n) is 8.47. The lowest BCUT2D eigenvalue weighted by molar-refractivity contribution is -0.232. The summed E-state index contributed by atoms with van der Waals surface area (Å²) >= 11 is 6.11. The Hall–Kier alpha value is -2.28. The Bertz CT molecular complexity index is 1000. The molecule has 3 aliphatic rings. The lowest BCUT2D eigenvalue weighted by atomic mass is 9.66. The molecule has 1 atom stereocenters. The molecule has 6 nitrogen and oxygen atoms in total. The highest BCUT2D eigenvalue weighted by atomic mass is 35.5. The minimum absolute atomic E-state index is 0.144. The lowest BCUT2D eigenvalue weighted by Crippen LogP contribution is -2.46. The first-order valence-electron chi connectivity index (χ1n) is 10.3. The van der Waals surface area contributed by atoms with Crippen LogP contribution >= 0.6 is 11.6 Å². The first-order valence-corrected chi connectivity index (χ1v) is 10.7. The number of hydroxylamine groups is 2. The van der Waals surface area contributed by atoms with Gasteiger partial charge in [0.05, 0.1) is 6.10 Å². The molecule has 0 aromatic heterocycles. The summed E-state index contributed by atoms with van der Waals surface area (Å²) < 4.78 is 11.7. The predicted octanol–water partition coefficient (Wildman–Crippen LogP) is 4.61. The Morgan fingerprint density at radius 3 is 2.60 bits per heavy atom. The van der Waals surface area contributed by atoms with Gasteiger partial charge in [0.15, 0.2) is 0 Å². The fourth-order valence-electron chi connectivity index (χ4n) is 5.24. The number of aliphatic imine (C=N–C) groups is 1. The summed E-state index contributed by atoms with van der Waals surface area (Å²) in [6.07, 6.45) is 5.10. The largest absolute Gasteiger partial charge is 0.457 e. The molecule has 2 aromatic rings. The molecule has 1 unspecified atom stereocenters. The highest BCUT2D eigenvalue weighted by Crippen LogP contribution is 2.62. The number of hydrogen-bond acceptors (Lipinski definition) is 6. The number of nitrogens with two attached hydrogens (primary N) is 1. The van der Waals surface area contributed by atoms with Crippen LogP contribution in [-0.4, -0.2) is 31.3 Å². The number of guanidine groups is 1. The number of methoxy groups -OCH3 is 1. The zero-order chi connectivity index (χ0) is 20.9. The normalized spacial score (nSPS) is 30.0. The average Bonchev–Trinajstić information content (AvgIpc) is 3.17. The van der Waals surface area contributed by atoms with Crippen LogP contribution < -0.4 is 10.5 Å². The maximum absolute atomic E-state index is 6.42. The molecule has 1 saturated carbocycles. The van der Waals surface area contributed by atoms with Crippen molar-refractivity contribution in [2.24, 2.45) is 16.1 Å². The summed E-state index contributed by atoms with van der Waals surface area (Å²) in [6, 6.07) is 13.6. The maximum atomic E-state index is 6.42. The van der Waals surface area contributed by atoms with E-state index in [1.165, 1.54) is 5.56 Å². The smallest absolute Gasteiger partial charge is 0.220 e. The summed E-state index contributed by atoms with van der Waals surface area (Å²) in [6.45, 7) is 0. The molecule has 0 bridgehead atoms. The van der Waals surface area contributed by atoms with Crippen LogP contribution in [0.25, 0.3) is 0 Å². The van der Waals surface area contributed by atoms with Gasteiger partial charge in [-0.15, -0.1) is 0 Å². The quantitative estimate of drug-likeness (QED) is 0.774. The summed E-state index contributed by atoms with van der Waals surface area (Å²) in [5.41, 5.74) is 7.49. The van der Waals surface area contributed by atoms with Crippen LogP contribution in [0.15, 0.2) is 47.5 Å². The third-order valence-electron chi connectivity index (χ3n) is 6.81. The minimum atomic E-state index is -0.826. The third-order valence-corrected chi connectivity index (χ3v) is 7.05. The van der Waals surface area contributed by atoms with Gasteiger partial charge >= 0.3 is 0 Å². The molecule has 158 valence electrons. The Balaban J connectivity index is 1.55. The average molecular weight is 428 g/mol. The number of benzene rings is 2. The summed E-state index contributed by atoms with van der Waals surface area (Å²) in [4.78, 5) is 11.3. The Labute approximate surface area is 181 Å². The molecule has 2 aliphatic carbocycles. The van der Waals surface area contributed by atoms with Crippen molar-refractivity contribution >= 4 is 17.6 Å². The van der Waals surface area contributed by atoms with E-state index in [2.05, 4.69) is 6.07 Å². The molecule has 7 heteroatoms. The number of nitrogens with zero attached hydrogens (tertiary/aromatic N) is 2. The standard InChI is InChI=1S/C23H26ClN3O3/c1-27-21(25)26-23(30-27)20-13-19(29-18-5-3-4-16(24)12-18)7-6-15(20)14-22(23)10-8-17(28-2)9-11-22/h3-7,12-13,17H,8-11,14H2,1-2H3,(H2,25,26)/t17-,22-,23?. The number of rotatable bonds is 3. The van der Waals surface area contributed by atoms with Crippen molar-refractivity contribution in [3.05, 3.63) is 58.6 Å². The fraction of sp³-hybridized carbons (Fsp3) is 0.435. The van der Waals surface area contributed by atoms with Crippen molar-refractivity contribution in [1.82, 2.24) is 5.06 Å². The first kappa shape index (κ1) is 19.7. The second-order valence-corrected chi connectivity index (χ2v) is 8.91. The number of hydrogen-bond donors (Lipinski definition) is 1. The zero-order valence-corrected chi connectivity index (χ0v) is 18.0. The van der Waals surface area contributed by atoms with Crippen molar-refractivity contribution < 1.29 is 14.3 Å². The molecular formula is C23H26ClN3O3. The summed E-state index contributed by atoms with van der Waals surface area (Å²) in [5.74, 6) is 1.82. The molecule has 0 radical (unpaired) electrons. The molecule has 0 saturated heterocycles. The van der Waals surface area contributed by atoms with Gasteiger partial charge in [0.1, 0.15) is 11.5 Å². The lowest BCUT2D eigenvalue weighted by Gasteiger charge is -2.45. The van der Waals surface area contributed by atoms with Crippen molar-refractivity contribution in [2.45, 2.75) is 43.9 Å². The molecular weight excluding hydrogens is 402 g/mol. The number of ether oxygens (including phenoxy) is 2. The van der Waals surface area contributed by atoms with Gasteiger partial charge in [-0.25, -0.2) is 14.9 Å². The van der Waals surface area contributed by atoms with Crippen molar-refractivity contribution in [2.75, 3.05) is 14.2 Å². The van der Waals surface area contributed by atoms with Crippen LogP contribution in [-0.2, 0) is 21.7 Å². The molecule has 2 N–H and O–H groups in total. The molecule has 1 fully saturated rings. The zero-order valence-electron chi connectivity index (χ0n) is 17.2. The number of halogens is 1. The Kier molecular flexibility index (Phi) is 4.69. The van der Waals surface area contributed by atoms with Crippen molar-refractivity contribution in [3.8, 4) is 11.5 Å². The van der Waals surface area contributed by atoms with Gasteiger partial charge in [0, 0.05) is 30.2 Å². The number of fused-ring (bicyclic) bond motifs is 3. The Morgan fingerprint density at radius 2 is 1.93 bits per heavy atom. The molecule has 30 heavy (non-hydrogen) atoms. The van der Waals surface area contributed by atoms with Crippen LogP contribution in [0.4, 0.5) is 0 Å². The van der Waals surface area contributed by atoms with E-state index in [1.54, 1.807) is 18.2 Å². The van der Waals surface area contributed by atoms with E-state index in [0.717, 1.165) is 43.4 Å². The van der Waals surface area contributed by atoms with E-state index in [-0.39, 0.29) is 5.41 Å². The molecule has 5 rings (SSSR count). The van der Waals surface area contributed by atoms with Crippen LogP contribution in [0.5, 0.6) is 11.5 Å². The monoisotopic (exact) mass is 427 g/mol. The molecule has 1 heterocycles. The molecule has 2 aromatic carbocycles. The van der Waals surface area contributed by atoms with E-state index in [1.807, 2.05) is 37.4 Å². The van der Waals surface area contributed by atoms with E-state index in [4.69, 9.17) is 36.6 Å². The van der Waals surface area contributed by atoms with Crippen LogP contribution in [0.2, 0.25) is 5.02 Å². The minimum Gasteiger partial charge on any atom is -0.457 e. The maximum Gasteiger partial charge on any atom is 0.220 e. The third kappa shape index (κ3) is 2.97. The first-order chi connectivity index (χ1) is 14.4. The van der Waals surface area contributed by atoms with E-state index in [9.17, 15) is 0 Å². The van der Waals surface area contributed by atoms with Crippen LogP contribution in [0, 0.1) is 5.41 Å². The Morgan fingerprint density at radius 1 is 1.17 bits per heavy atom. The van der Waals surface area contributed by atoms with Gasteiger partial charge in [-0.05, 0) is 68.0 Å². The molecule has 2 spiro atoms. The second kappa shape index (κ2) is 7.15. The van der Waals surface area contributed by atoms with Gasteiger partial charge in [-0.2, -0.15) is 0 Å². The van der Waals surface area contributed by atoms with Crippen molar-refractivity contribution in [1.29, 1.82) is 0 Å². The molecule has 1 aliphatic heterocycles. The fourth-order valence-corrected chi connectivity index (χ4v) is 5.42. The van der Waals surface area contributed by atoms with E-state index in [0.29, 0.717) is 22.8 Å². The van der Waals surface area contributed by atoms with Gasteiger partial charge in [0.25, 0.3) is 0 Å². The highest BCUT2D eigenvalue weighted by molar-refractivity contribution is 6.30. The molecule has 0 amide bonds.